The highest BCUT2D eigenvalue weighted by atomic mass is 32.1. The average molecular weight is 293 g/mol. The molecule has 0 bridgehead atoms. The molecule has 1 aromatic heterocycles. The van der Waals surface area contributed by atoms with Gasteiger partial charge in [-0.1, -0.05) is 18.3 Å². The van der Waals surface area contributed by atoms with Gasteiger partial charge in [0, 0.05) is 25.6 Å². The van der Waals surface area contributed by atoms with E-state index in [4.69, 9.17) is 4.98 Å². The first-order valence-corrected chi connectivity index (χ1v) is 8.45. The summed E-state index contributed by atoms with van der Waals surface area (Å²) in [4.78, 5) is 21.5. The highest BCUT2D eigenvalue weighted by Crippen LogP contribution is 2.43. The summed E-state index contributed by atoms with van der Waals surface area (Å²) in [5.74, 6) is 0.548. The third-order valence-electron chi connectivity index (χ3n) is 4.46. The van der Waals surface area contributed by atoms with Crippen molar-refractivity contribution >= 4 is 22.8 Å². The van der Waals surface area contributed by atoms with E-state index in [0.29, 0.717) is 12.0 Å². The number of aromatic nitrogens is 1. The molecule has 1 saturated carbocycles. The van der Waals surface area contributed by atoms with Gasteiger partial charge in [-0.2, -0.15) is 0 Å². The molecule has 0 aromatic carbocycles. The molecule has 2 heterocycles. The summed E-state index contributed by atoms with van der Waals surface area (Å²) in [5.41, 5.74) is 1.05. The lowest BCUT2D eigenvalue weighted by atomic mass is 10.2. The Balaban J connectivity index is 1.70. The fourth-order valence-electron chi connectivity index (χ4n) is 3.14. The molecule has 1 aromatic rings. The number of anilines is 1. The number of thiazole rings is 1. The Labute approximate surface area is 124 Å². The van der Waals surface area contributed by atoms with Gasteiger partial charge in [-0.25, -0.2) is 4.98 Å². The van der Waals surface area contributed by atoms with Crippen LogP contribution in [-0.4, -0.2) is 48.9 Å². The number of likely N-dealkylation sites (tertiary alicyclic amines) is 1. The summed E-state index contributed by atoms with van der Waals surface area (Å²) >= 11 is 1.56. The third kappa shape index (κ3) is 2.74. The maximum absolute atomic E-state index is 11.2. The first-order valence-electron chi connectivity index (χ1n) is 7.64. The molecule has 5 heteroatoms. The smallest absolute Gasteiger partial charge is 0.186 e. The van der Waals surface area contributed by atoms with Crippen LogP contribution < -0.4 is 4.90 Å². The number of carbonyl (C=O) groups excluding carboxylic acids is 1. The topological polar surface area (TPSA) is 36.4 Å². The molecule has 0 spiro atoms. The van der Waals surface area contributed by atoms with Crippen molar-refractivity contribution < 1.29 is 4.79 Å². The minimum absolute atomic E-state index is 0.548. The molecule has 2 fully saturated rings. The van der Waals surface area contributed by atoms with E-state index < -0.39 is 0 Å². The van der Waals surface area contributed by atoms with E-state index in [-0.39, 0.29) is 0 Å². The molecule has 110 valence electrons. The summed E-state index contributed by atoms with van der Waals surface area (Å²) in [6.07, 6.45) is 5.95. The van der Waals surface area contributed by atoms with Gasteiger partial charge in [0.05, 0.1) is 10.6 Å². The van der Waals surface area contributed by atoms with Crippen LogP contribution in [0.4, 0.5) is 5.13 Å². The maximum Gasteiger partial charge on any atom is 0.186 e. The zero-order valence-electron chi connectivity index (χ0n) is 12.3. The average Bonchev–Trinajstić information content (AvgIpc) is 3.05. The molecule has 1 aliphatic heterocycles. The van der Waals surface area contributed by atoms with Crippen LogP contribution in [0, 0.1) is 0 Å². The van der Waals surface area contributed by atoms with Crippen molar-refractivity contribution in [2.24, 2.45) is 0 Å². The van der Waals surface area contributed by atoms with E-state index in [9.17, 15) is 4.79 Å². The molecule has 1 unspecified atom stereocenters. The van der Waals surface area contributed by atoms with Crippen LogP contribution in [0.3, 0.4) is 0 Å². The maximum atomic E-state index is 11.2. The monoisotopic (exact) mass is 293 g/mol. The second kappa shape index (κ2) is 5.82. The second-order valence-corrected chi connectivity index (χ2v) is 6.95. The molecule has 2 aliphatic rings. The van der Waals surface area contributed by atoms with Crippen LogP contribution in [0.25, 0.3) is 0 Å². The summed E-state index contributed by atoms with van der Waals surface area (Å²) < 4.78 is 0. The number of likely N-dealkylation sites (N-methyl/N-ethyl adjacent to an activating group) is 2. The van der Waals surface area contributed by atoms with Crippen molar-refractivity contribution in [2.75, 3.05) is 31.6 Å². The molecular formula is C15H23N3OS. The number of rotatable bonds is 6. The molecule has 0 radical (unpaired) electrons. The van der Waals surface area contributed by atoms with Crippen molar-refractivity contribution in [3.8, 4) is 0 Å². The highest BCUT2D eigenvalue weighted by Gasteiger charge is 2.31. The number of carbonyl (C=O) groups is 1. The Morgan fingerprint density at radius 2 is 2.25 bits per heavy atom. The van der Waals surface area contributed by atoms with E-state index in [1.807, 2.05) is 0 Å². The molecule has 1 saturated heterocycles. The van der Waals surface area contributed by atoms with E-state index in [1.165, 1.54) is 32.2 Å². The Kier molecular flexibility index (Phi) is 4.08. The summed E-state index contributed by atoms with van der Waals surface area (Å²) in [6, 6.07) is 0.637. The Morgan fingerprint density at radius 1 is 1.45 bits per heavy atom. The Bertz CT molecular complexity index is 483. The van der Waals surface area contributed by atoms with Gasteiger partial charge in [-0.15, -0.1) is 0 Å². The fourth-order valence-corrected chi connectivity index (χ4v) is 4.08. The molecular weight excluding hydrogens is 270 g/mol. The highest BCUT2D eigenvalue weighted by molar-refractivity contribution is 7.17. The van der Waals surface area contributed by atoms with Crippen LogP contribution in [0.2, 0.25) is 0 Å². The zero-order valence-corrected chi connectivity index (χ0v) is 13.2. The Morgan fingerprint density at radius 3 is 2.90 bits per heavy atom. The molecule has 3 rings (SSSR count). The number of hydrogen-bond acceptors (Lipinski definition) is 5. The first-order chi connectivity index (χ1) is 9.72. The van der Waals surface area contributed by atoms with Crippen LogP contribution in [0.5, 0.6) is 0 Å². The van der Waals surface area contributed by atoms with E-state index in [0.717, 1.165) is 35.1 Å². The predicted molar refractivity (Wildman–Crippen MR) is 83.0 cm³/mol. The van der Waals surface area contributed by atoms with Crippen LogP contribution in [0.1, 0.15) is 53.9 Å². The lowest BCUT2D eigenvalue weighted by Crippen LogP contribution is -2.38. The third-order valence-corrected chi connectivity index (χ3v) is 5.57. The quantitative estimate of drug-likeness (QED) is 0.756. The predicted octanol–water partition coefficient (Wildman–Crippen LogP) is 2.75. The van der Waals surface area contributed by atoms with Crippen LogP contribution >= 0.6 is 11.3 Å². The minimum Gasteiger partial charge on any atom is -0.350 e. The van der Waals surface area contributed by atoms with Gasteiger partial charge in [0.2, 0.25) is 0 Å². The molecule has 1 atom stereocenters. The molecule has 0 N–H and O–H groups in total. The lowest BCUT2D eigenvalue weighted by molar-refractivity contribution is 0.112. The number of hydrogen-bond donors (Lipinski definition) is 0. The van der Waals surface area contributed by atoms with Crippen molar-refractivity contribution in [1.29, 1.82) is 0 Å². The lowest BCUT2D eigenvalue weighted by Gasteiger charge is -2.27. The van der Waals surface area contributed by atoms with E-state index in [2.05, 4.69) is 23.8 Å². The van der Waals surface area contributed by atoms with E-state index >= 15 is 0 Å². The standard InChI is InChI=1S/C15H23N3OS/c1-3-18-8-4-5-12(18)9-17(2)15-16-14(11-6-7-11)13(10-19)20-15/h10-12H,3-9H2,1-2H3. The van der Waals surface area contributed by atoms with Gasteiger partial charge in [-0.3, -0.25) is 9.69 Å². The summed E-state index contributed by atoms with van der Waals surface area (Å²) in [6.45, 7) is 5.60. The first kappa shape index (κ1) is 14.0. The Hall–Kier alpha value is -0.940. The van der Waals surface area contributed by atoms with Crippen molar-refractivity contribution in [3.63, 3.8) is 0 Å². The van der Waals surface area contributed by atoms with Crippen LogP contribution in [-0.2, 0) is 0 Å². The largest absolute Gasteiger partial charge is 0.350 e. The molecule has 20 heavy (non-hydrogen) atoms. The minimum atomic E-state index is 0.548. The summed E-state index contributed by atoms with van der Waals surface area (Å²) in [7, 11) is 2.11. The summed E-state index contributed by atoms with van der Waals surface area (Å²) in [5, 5.41) is 1.01. The van der Waals surface area contributed by atoms with Gasteiger partial charge in [0.25, 0.3) is 0 Å². The SMILES string of the molecule is CCN1CCCC1CN(C)c1nc(C2CC2)c(C=O)s1. The number of nitrogens with zero attached hydrogens (tertiary/aromatic N) is 3. The number of aldehydes is 1. The zero-order chi connectivity index (χ0) is 14.1. The van der Waals surface area contributed by atoms with Gasteiger partial charge < -0.3 is 4.90 Å². The molecule has 0 amide bonds. The normalized spacial score (nSPS) is 23.2. The van der Waals surface area contributed by atoms with Gasteiger partial charge in [-0.05, 0) is 38.8 Å². The molecule has 4 nitrogen and oxygen atoms in total. The van der Waals surface area contributed by atoms with Gasteiger partial charge in [0.15, 0.2) is 11.4 Å². The second-order valence-electron chi connectivity index (χ2n) is 5.94. The van der Waals surface area contributed by atoms with Crippen LogP contribution in [0.15, 0.2) is 0 Å². The van der Waals surface area contributed by atoms with E-state index in [1.54, 1.807) is 11.3 Å². The fraction of sp³-hybridized carbons (Fsp3) is 0.733. The molecule has 1 aliphatic carbocycles. The van der Waals surface area contributed by atoms with Crippen molar-refractivity contribution in [2.45, 2.75) is 44.6 Å². The van der Waals surface area contributed by atoms with Crippen molar-refractivity contribution in [1.82, 2.24) is 9.88 Å². The van der Waals surface area contributed by atoms with Gasteiger partial charge >= 0.3 is 0 Å². The van der Waals surface area contributed by atoms with Crippen molar-refractivity contribution in [3.05, 3.63) is 10.6 Å². The van der Waals surface area contributed by atoms with Gasteiger partial charge in [0.1, 0.15) is 0 Å².